The van der Waals surface area contributed by atoms with E-state index in [4.69, 9.17) is 14.6 Å². The van der Waals surface area contributed by atoms with Gasteiger partial charge in [0.1, 0.15) is 6.61 Å². The van der Waals surface area contributed by atoms with Gasteiger partial charge in [-0.25, -0.2) is 14.0 Å². The number of aliphatic carboxylic acids is 1. The molecule has 0 radical (unpaired) electrons. The molecule has 0 aromatic heterocycles. The maximum Gasteiger partial charge on any atom is 0.329 e. The van der Waals surface area contributed by atoms with Crippen molar-refractivity contribution in [2.24, 2.45) is 0 Å². The normalized spacial score (nSPS) is 9.90. The van der Waals surface area contributed by atoms with E-state index in [-0.39, 0.29) is 24.6 Å². The highest BCUT2D eigenvalue weighted by Crippen LogP contribution is 2.20. The number of anilines is 1. The summed E-state index contributed by atoms with van der Waals surface area (Å²) in [6, 6.07) is 3.45. The van der Waals surface area contributed by atoms with E-state index < -0.39 is 24.4 Å². The molecule has 0 fully saturated rings. The monoisotopic (exact) mass is 286 g/mol. The Kier molecular flexibility index (Phi) is 6.24. The zero-order valence-electron chi connectivity index (χ0n) is 10.8. The van der Waals surface area contributed by atoms with Crippen LogP contribution in [-0.2, 0) is 9.53 Å². The van der Waals surface area contributed by atoms with Crippen molar-refractivity contribution in [1.82, 2.24) is 5.32 Å². The molecule has 0 aliphatic carbocycles. The lowest BCUT2D eigenvalue weighted by molar-refractivity contribution is -0.142. The predicted octanol–water partition coefficient (Wildman–Crippen LogP) is 1.06. The van der Waals surface area contributed by atoms with Crippen molar-refractivity contribution < 1.29 is 28.6 Å². The third-order valence-electron chi connectivity index (χ3n) is 2.17. The molecule has 0 bridgehead atoms. The topological polar surface area (TPSA) is 96.9 Å². The van der Waals surface area contributed by atoms with Gasteiger partial charge in [0.2, 0.25) is 0 Å². The van der Waals surface area contributed by atoms with Crippen molar-refractivity contribution >= 4 is 17.7 Å². The van der Waals surface area contributed by atoms with E-state index in [0.29, 0.717) is 0 Å². The van der Waals surface area contributed by atoms with Gasteiger partial charge in [-0.3, -0.25) is 0 Å². The molecule has 0 aliphatic heterocycles. The van der Waals surface area contributed by atoms with Crippen molar-refractivity contribution in [3.8, 4) is 5.75 Å². The standard InChI is InChI=1S/C12H15FN2O5/c1-19-10-3-2-8(6-9(10)13)15-12(18)14-4-5-20-7-11(16)17/h2-3,6H,4-5,7H2,1H3,(H,16,17)(H2,14,15,18). The van der Waals surface area contributed by atoms with Gasteiger partial charge in [0.05, 0.1) is 13.7 Å². The predicted molar refractivity (Wildman–Crippen MR) is 68.4 cm³/mol. The third kappa shape index (κ3) is 5.53. The fourth-order valence-corrected chi connectivity index (χ4v) is 1.32. The minimum atomic E-state index is -1.08. The Labute approximate surface area is 114 Å². The van der Waals surface area contributed by atoms with Crippen LogP contribution >= 0.6 is 0 Å². The molecule has 110 valence electrons. The highest BCUT2D eigenvalue weighted by molar-refractivity contribution is 5.89. The van der Waals surface area contributed by atoms with Crippen LogP contribution in [0.5, 0.6) is 5.75 Å². The van der Waals surface area contributed by atoms with Crippen molar-refractivity contribution in [3.05, 3.63) is 24.0 Å². The number of methoxy groups -OCH3 is 1. The lowest BCUT2D eigenvalue weighted by Crippen LogP contribution is -2.32. The van der Waals surface area contributed by atoms with Crippen molar-refractivity contribution in [3.63, 3.8) is 0 Å². The molecule has 0 saturated carbocycles. The van der Waals surface area contributed by atoms with E-state index >= 15 is 0 Å². The fourth-order valence-electron chi connectivity index (χ4n) is 1.32. The van der Waals surface area contributed by atoms with Gasteiger partial charge in [-0.05, 0) is 12.1 Å². The van der Waals surface area contributed by atoms with Gasteiger partial charge in [0.15, 0.2) is 11.6 Å². The van der Waals surface area contributed by atoms with Gasteiger partial charge in [-0.1, -0.05) is 0 Å². The first-order valence-electron chi connectivity index (χ1n) is 5.71. The molecule has 7 nitrogen and oxygen atoms in total. The van der Waals surface area contributed by atoms with Crippen LogP contribution in [0.4, 0.5) is 14.9 Å². The van der Waals surface area contributed by atoms with E-state index in [1.807, 2.05) is 0 Å². The summed E-state index contributed by atoms with van der Waals surface area (Å²) in [4.78, 5) is 21.6. The van der Waals surface area contributed by atoms with Gasteiger partial charge in [-0.2, -0.15) is 0 Å². The molecule has 8 heteroatoms. The van der Waals surface area contributed by atoms with Crippen LogP contribution in [0.15, 0.2) is 18.2 Å². The number of carboxylic acid groups (broad SMARTS) is 1. The van der Waals surface area contributed by atoms with Crippen LogP contribution < -0.4 is 15.4 Å². The molecular weight excluding hydrogens is 271 g/mol. The number of ether oxygens (including phenoxy) is 2. The lowest BCUT2D eigenvalue weighted by atomic mass is 10.3. The summed E-state index contributed by atoms with van der Waals surface area (Å²) in [5.41, 5.74) is 0.271. The smallest absolute Gasteiger partial charge is 0.329 e. The van der Waals surface area contributed by atoms with E-state index in [9.17, 15) is 14.0 Å². The maximum absolute atomic E-state index is 13.4. The summed E-state index contributed by atoms with van der Waals surface area (Å²) < 4.78 is 22.8. The summed E-state index contributed by atoms with van der Waals surface area (Å²) in [7, 11) is 1.34. The lowest BCUT2D eigenvalue weighted by Gasteiger charge is -2.09. The molecular formula is C12H15FN2O5. The molecule has 0 aliphatic rings. The average molecular weight is 286 g/mol. The summed E-state index contributed by atoms with van der Waals surface area (Å²) in [6.07, 6.45) is 0. The molecule has 20 heavy (non-hydrogen) atoms. The number of urea groups is 1. The Hall–Kier alpha value is -2.35. The van der Waals surface area contributed by atoms with Crippen molar-refractivity contribution in [1.29, 1.82) is 0 Å². The number of hydrogen-bond acceptors (Lipinski definition) is 4. The molecule has 0 heterocycles. The first kappa shape index (κ1) is 15.7. The largest absolute Gasteiger partial charge is 0.494 e. The second kappa shape index (κ2) is 7.95. The maximum atomic E-state index is 13.4. The number of benzene rings is 1. The van der Waals surface area contributed by atoms with E-state index in [0.717, 1.165) is 6.07 Å². The molecule has 0 saturated heterocycles. The number of carbonyl (C=O) groups excluding carboxylic acids is 1. The molecule has 1 aromatic carbocycles. The highest BCUT2D eigenvalue weighted by Gasteiger charge is 2.06. The molecule has 1 aromatic rings. The number of carbonyl (C=O) groups is 2. The Morgan fingerprint density at radius 3 is 2.75 bits per heavy atom. The first-order valence-corrected chi connectivity index (χ1v) is 5.71. The van der Waals surface area contributed by atoms with Crippen LogP contribution in [-0.4, -0.2) is 44.0 Å². The zero-order valence-corrected chi connectivity index (χ0v) is 10.8. The Morgan fingerprint density at radius 1 is 1.40 bits per heavy atom. The second-order valence-corrected chi connectivity index (χ2v) is 3.68. The quantitative estimate of drug-likeness (QED) is 0.651. The average Bonchev–Trinajstić information content (AvgIpc) is 2.38. The van der Waals surface area contributed by atoms with Gasteiger partial charge >= 0.3 is 12.0 Å². The molecule has 0 unspecified atom stereocenters. The van der Waals surface area contributed by atoms with Gasteiger partial charge in [0.25, 0.3) is 0 Å². The minimum absolute atomic E-state index is 0.0662. The number of halogens is 1. The molecule has 3 N–H and O–H groups in total. The molecule has 0 spiro atoms. The van der Waals surface area contributed by atoms with Gasteiger partial charge in [-0.15, -0.1) is 0 Å². The molecule has 0 atom stereocenters. The number of rotatable bonds is 7. The number of hydrogen-bond donors (Lipinski definition) is 3. The fraction of sp³-hybridized carbons (Fsp3) is 0.333. The summed E-state index contributed by atoms with van der Waals surface area (Å²) in [6.45, 7) is -0.221. The van der Waals surface area contributed by atoms with Crippen LogP contribution in [0, 0.1) is 5.82 Å². The summed E-state index contributed by atoms with van der Waals surface area (Å²) in [5.74, 6) is -1.59. The first-order chi connectivity index (χ1) is 9.52. The van der Waals surface area contributed by atoms with E-state index in [1.54, 1.807) is 0 Å². The SMILES string of the molecule is COc1ccc(NC(=O)NCCOCC(=O)O)cc1F. The van der Waals surface area contributed by atoms with Crippen molar-refractivity contribution in [2.45, 2.75) is 0 Å². The van der Waals surface area contributed by atoms with Crippen LogP contribution in [0.3, 0.4) is 0 Å². The van der Waals surface area contributed by atoms with Crippen LogP contribution in [0.2, 0.25) is 0 Å². The van der Waals surface area contributed by atoms with E-state index in [2.05, 4.69) is 10.6 Å². The molecule has 2 amide bonds. The molecule has 1 rings (SSSR count). The van der Waals surface area contributed by atoms with Crippen molar-refractivity contribution in [2.75, 3.05) is 32.2 Å². The number of amides is 2. The van der Waals surface area contributed by atoms with Gasteiger partial charge in [0, 0.05) is 18.3 Å². The minimum Gasteiger partial charge on any atom is -0.494 e. The zero-order chi connectivity index (χ0) is 15.0. The summed E-state index contributed by atoms with van der Waals surface area (Å²) in [5, 5.41) is 13.2. The number of nitrogens with one attached hydrogen (secondary N) is 2. The summed E-state index contributed by atoms with van der Waals surface area (Å²) >= 11 is 0. The Balaban J connectivity index is 2.31. The highest BCUT2D eigenvalue weighted by atomic mass is 19.1. The Morgan fingerprint density at radius 2 is 2.15 bits per heavy atom. The second-order valence-electron chi connectivity index (χ2n) is 3.68. The van der Waals surface area contributed by atoms with Crippen LogP contribution in [0.25, 0.3) is 0 Å². The van der Waals surface area contributed by atoms with E-state index in [1.165, 1.54) is 19.2 Å². The Bertz CT molecular complexity index is 481. The van der Waals surface area contributed by atoms with Crippen LogP contribution in [0.1, 0.15) is 0 Å². The number of carboxylic acids is 1. The third-order valence-corrected chi connectivity index (χ3v) is 2.17. The van der Waals surface area contributed by atoms with Gasteiger partial charge < -0.3 is 25.2 Å².